The fraction of sp³-hybridized carbons (Fsp3) is 0.0833. The molecule has 2 rings (SSSR count). The number of aromatic nitrogens is 2. The van der Waals surface area contributed by atoms with E-state index in [0.29, 0.717) is 17.5 Å². The van der Waals surface area contributed by atoms with Gasteiger partial charge in [0, 0.05) is 18.0 Å². The largest absolute Gasteiger partial charge is 0.481 e. The van der Waals surface area contributed by atoms with Crippen LogP contribution in [0.15, 0.2) is 36.5 Å². The van der Waals surface area contributed by atoms with E-state index in [2.05, 4.69) is 15.3 Å². The van der Waals surface area contributed by atoms with E-state index in [-0.39, 0.29) is 5.56 Å². The van der Waals surface area contributed by atoms with Crippen LogP contribution >= 0.6 is 0 Å². The van der Waals surface area contributed by atoms with E-state index in [1.54, 1.807) is 24.4 Å². The molecule has 0 aliphatic heterocycles. The Morgan fingerprint density at radius 2 is 2.00 bits per heavy atom. The zero-order chi connectivity index (χ0) is 13.0. The summed E-state index contributed by atoms with van der Waals surface area (Å²) in [6.45, 7) is 0. The molecule has 18 heavy (non-hydrogen) atoms. The Hall–Kier alpha value is -2.63. The number of hydrogen-bond acceptors (Lipinski definition) is 5. The van der Waals surface area contributed by atoms with Gasteiger partial charge in [-0.2, -0.15) is 4.98 Å². The van der Waals surface area contributed by atoms with Gasteiger partial charge in [0.2, 0.25) is 11.8 Å². The maximum atomic E-state index is 10.7. The van der Waals surface area contributed by atoms with Crippen molar-refractivity contribution in [3.63, 3.8) is 0 Å². The average molecular weight is 245 g/mol. The third kappa shape index (κ3) is 2.73. The summed E-state index contributed by atoms with van der Waals surface area (Å²) in [6, 6.07) is 7.94. The van der Waals surface area contributed by atoms with Crippen molar-refractivity contribution < 1.29 is 14.6 Å². The third-order valence-electron chi connectivity index (χ3n) is 2.23. The molecule has 92 valence electrons. The quantitative estimate of drug-likeness (QED) is 0.856. The topological polar surface area (TPSA) is 84.3 Å². The highest BCUT2D eigenvalue weighted by atomic mass is 16.5. The second kappa shape index (κ2) is 5.13. The molecule has 0 spiro atoms. The van der Waals surface area contributed by atoms with Crippen molar-refractivity contribution in [3.05, 3.63) is 42.1 Å². The molecule has 0 saturated carbocycles. The van der Waals surface area contributed by atoms with Gasteiger partial charge in [-0.05, 0) is 24.3 Å². The number of rotatable bonds is 4. The Labute approximate surface area is 103 Å². The molecule has 6 heteroatoms. The van der Waals surface area contributed by atoms with E-state index < -0.39 is 5.97 Å². The minimum absolute atomic E-state index is 0.229. The molecule has 6 nitrogen and oxygen atoms in total. The van der Waals surface area contributed by atoms with Gasteiger partial charge < -0.3 is 15.2 Å². The van der Waals surface area contributed by atoms with Gasteiger partial charge in [-0.25, -0.2) is 9.78 Å². The number of nitrogens with one attached hydrogen (secondary N) is 1. The highest BCUT2D eigenvalue weighted by Gasteiger charge is 2.03. The van der Waals surface area contributed by atoms with Crippen LogP contribution in [-0.4, -0.2) is 28.2 Å². The first-order valence-electron chi connectivity index (χ1n) is 5.16. The van der Waals surface area contributed by atoms with Gasteiger partial charge in [0.15, 0.2) is 0 Å². The molecule has 0 aliphatic carbocycles. The van der Waals surface area contributed by atoms with Crippen LogP contribution in [0, 0.1) is 0 Å². The van der Waals surface area contributed by atoms with Crippen LogP contribution in [0.2, 0.25) is 0 Å². The molecule has 0 radical (unpaired) electrons. The van der Waals surface area contributed by atoms with Gasteiger partial charge in [-0.3, -0.25) is 0 Å². The number of carbonyl (C=O) groups is 1. The van der Waals surface area contributed by atoms with Crippen LogP contribution in [0.4, 0.5) is 11.6 Å². The van der Waals surface area contributed by atoms with E-state index >= 15 is 0 Å². The monoisotopic (exact) mass is 245 g/mol. The van der Waals surface area contributed by atoms with Crippen LogP contribution in [0.5, 0.6) is 5.88 Å². The van der Waals surface area contributed by atoms with Crippen molar-refractivity contribution >= 4 is 17.6 Å². The first kappa shape index (κ1) is 11.8. The zero-order valence-corrected chi connectivity index (χ0v) is 9.62. The fourth-order valence-electron chi connectivity index (χ4n) is 1.34. The predicted octanol–water partition coefficient (Wildman–Crippen LogP) is 1.93. The number of ether oxygens (including phenoxy) is 1. The van der Waals surface area contributed by atoms with Gasteiger partial charge in [0.25, 0.3) is 0 Å². The van der Waals surface area contributed by atoms with Crippen LogP contribution in [0.25, 0.3) is 0 Å². The number of carboxylic acids is 1. The molecular formula is C12H11N3O3. The van der Waals surface area contributed by atoms with Crippen LogP contribution < -0.4 is 10.1 Å². The number of aromatic carboxylic acids is 1. The smallest absolute Gasteiger partial charge is 0.335 e. The van der Waals surface area contributed by atoms with Crippen molar-refractivity contribution in [1.29, 1.82) is 0 Å². The Morgan fingerprint density at radius 1 is 1.28 bits per heavy atom. The molecule has 2 N–H and O–H groups in total. The molecule has 0 unspecified atom stereocenters. The Bertz CT molecular complexity index is 555. The number of carboxylic acid groups (broad SMARTS) is 1. The Morgan fingerprint density at radius 3 is 2.61 bits per heavy atom. The van der Waals surface area contributed by atoms with Crippen LogP contribution in [0.3, 0.4) is 0 Å². The summed E-state index contributed by atoms with van der Waals surface area (Å²) >= 11 is 0. The SMILES string of the molecule is COc1ccnc(Nc2ccc(C(=O)O)cc2)n1. The standard InChI is InChI=1S/C12H11N3O3/c1-18-10-6-7-13-12(15-10)14-9-4-2-8(3-5-9)11(16)17/h2-7H,1H3,(H,16,17)(H,13,14,15). The van der Waals surface area contributed by atoms with E-state index in [1.807, 2.05) is 0 Å². The van der Waals surface area contributed by atoms with Crippen LogP contribution in [-0.2, 0) is 0 Å². The van der Waals surface area contributed by atoms with E-state index in [4.69, 9.17) is 9.84 Å². The molecule has 0 bridgehead atoms. The molecule has 2 aromatic rings. The molecule has 1 aromatic carbocycles. The Balaban J connectivity index is 2.15. The second-order valence-corrected chi connectivity index (χ2v) is 3.43. The minimum atomic E-state index is -0.959. The molecule has 1 aromatic heterocycles. The van der Waals surface area contributed by atoms with Crippen molar-refractivity contribution in [2.75, 3.05) is 12.4 Å². The first-order chi connectivity index (χ1) is 8.69. The van der Waals surface area contributed by atoms with Gasteiger partial charge >= 0.3 is 5.97 Å². The Kier molecular flexibility index (Phi) is 3.38. The molecule has 0 saturated heterocycles. The number of hydrogen-bond donors (Lipinski definition) is 2. The number of nitrogens with zero attached hydrogens (tertiary/aromatic N) is 2. The molecule has 0 fully saturated rings. The number of anilines is 2. The van der Waals surface area contributed by atoms with Crippen molar-refractivity contribution in [3.8, 4) is 5.88 Å². The van der Waals surface area contributed by atoms with Gasteiger partial charge in [-0.15, -0.1) is 0 Å². The molecule has 0 atom stereocenters. The molecular weight excluding hydrogens is 234 g/mol. The maximum Gasteiger partial charge on any atom is 0.335 e. The summed E-state index contributed by atoms with van der Waals surface area (Å²) < 4.78 is 4.97. The van der Waals surface area contributed by atoms with E-state index in [1.165, 1.54) is 19.2 Å². The highest BCUT2D eigenvalue weighted by molar-refractivity contribution is 5.88. The lowest BCUT2D eigenvalue weighted by molar-refractivity contribution is 0.0697. The lowest BCUT2D eigenvalue weighted by Crippen LogP contribution is -1.99. The summed E-state index contributed by atoms with van der Waals surface area (Å²) in [6.07, 6.45) is 1.57. The van der Waals surface area contributed by atoms with Crippen LogP contribution in [0.1, 0.15) is 10.4 Å². The van der Waals surface area contributed by atoms with Gasteiger partial charge in [0.05, 0.1) is 12.7 Å². The molecule has 0 amide bonds. The summed E-state index contributed by atoms with van der Waals surface area (Å²) in [7, 11) is 1.52. The first-order valence-corrected chi connectivity index (χ1v) is 5.16. The predicted molar refractivity (Wildman–Crippen MR) is 65.3 cm³/mol. The van der Waals surface area contributed by atoms with Gasteiger partial charge in [0.1, 0.15) is 0 Å². The lowest BCUT2D eigenvalue weighted by Gasteiger charge is -2.05. The van der Waals surface area contributed by atoms with E-state index in [0.717, 1.165) is 0 Å². The third-order valence-corrected chi connectivity index (χ3v) is 2.23. The second-order valence-electron chi connectivity index (χ2n) is 3.43. The van der Waals surface area contributed by atoms with Crippen molar-refractivity contribution in [2.24, 2.45) is 0 Å². The summed E-state index contributed by atoms with van der Waals surface area (Å²) in [5.41, 5.74) is 0.931. The summed E-state index contributed by atoms with van der Waals surface area (Å²) in [5.74, 6) is -0.119. The van der Waals surface area contributed by atoms with Gasteiger partial charge in [-0.1, -0.05) is 0 Å². The summed E-state index contributed by atoms with van der Waals surface area (Å²) in [4.78, 5) is 18.8. The normalized spacial score (nSPS) is 9.83. The number of benzene rings is 1. The number of methoxy groups -OCH3 is 1. The molecule has 0 aliphatic rings. The highest BCUT2D eigenvalue weighted by Crippen LogP contribution is 2.15. The van der Waals surface area contributed by atoms with E-state index in [9.17, 15) is 4.79 Å². The summed E-state index contributed by atoms with van der Waals surface area (Å²) in [5, 5.41) is 11.7. The zero-order valence-electron chi connectivity index (χ0n) is 9.62. The molecule has 1 heterocycles. The minimum Gasteiger partial charge on any atom is -0.481 e. The van der Waals surface area contributed by atoms with Crippen molar-refractivity contribution in [2.45, 2.75) is 0 Å². The lowest BCUT2D eigenvalue weighted by atomic mass is 10.2. The van der Waals surface area contributed by atoms with Crippen molar-refractivity contribution in [1.82, 2.24) is 9.97 Å². The fourth-order valence-corrected chi connectivity index (χ4v) is 1.34. The maximum absolute atomic E-state index is 10.7. The average Bonchev–Trinajstić information content (AvgIpc) is 2.39.